The lowest BCUT2D eigenvalue weighted by atomic mass is 9.93. The quantitative estimate of drug-likeness (QED) is 0.861. The van der Waals surface area contributed by atoms with E-state index in [1.54, 1.807) is 0 Å². The summed E-state index contributed by atoms with van der Waals surface area (Å²) in [7, 11) is 0. The molecular formula is C20H23N3O2. The van der Waals surface area contributed by atoms with Gasteiger partial charge in [-0.25, -0.2) is 0 Å². The van der Waals surface area contributed by atoms with Crippen molar-refractivity contribution in [3.05, 3.63) is 47.8 Å². The molecule has 2 saturated carbocycles. The van der Waals surface area contributed by atoms with Crippen molar-refractivity contribution in [3.8, 4) is 5.75 Å². The molecule has 3 atom stereocenters. The van der Waals surface area contributed by atoms with Crippen molar-refractivity contribution in [1.29, 1.82) is 0 Å². The van der Waals surface area contributed by atoms with E-state index in [1.807, 2.05) is 41.1 Å². The van der Waals surface area contributed by atoms with Crippen molar-refractivity contribution >= 4 is 5.91 Å². The van der Waals surface area contributed by atoms with Crippen LogP contribution in [0.5, 0.6) is 5.75 Å². The van der Waals surface area contributed by atoms with Gasteiger partial charge in [0, 0.05) is 12.6 Å². The van der Waals surface area contributed by atoms with Crippen LogP contribution in [0.15, 0.2) is 36.4 Å². The molecule has 1 aliphatic heterocycles. The van der Waals surface area contributed by atoms with Crippen LogP contribution in [-0.4, -0.2) is 33.2 Å². The summed E-state index contributed by atoms with van der Waals surface area (Å²) in [5.41, 5.74) is 1.54. The first-order valence-corrected chi connectivity index (χ1v) is 9.33. The molecule has 1 amide bonds. The van der Waals surface area contributed by atoms with E-state index in [9.17, 15) is 4.79 Å². The number of benzene rings is 1. The summed E-state index contributed by atoms with van der Waals surface area (Å²) < 4.78 is 7.63. The molecule has 5 rings (SSSR count). The second-order valence-electron chi connectivity index (χ2n) is 7.59. The van der Waals surface area contributed by atoms with Crippen molar-refractivity contribution in [1.82, 2.24) is 14.7 Å². The molecule has 0 N–H and O–H groups in total. The molecule has 2 fully saturated rings. The molecule has 25 heavy (non-hydrogen) atoms. The summed E-state index contributed by atoms with van der Waals surface area (Å²) in [6, 6.07) is 12.1. The van der Waals surface area contributed by atoms with Gasteiger partial charge in [0.1, 0.15) is 23.7 Å². The Hall–Kier alpha value is -2.30. The Labute approximate surface area is 147 Å². The molecule has 2 heterocycles. The minimum Gasteiger partial charge on any atom is -0.487 e. The first-order valence-electron chi connectivity index (χ1n) is 9.33. The Morgan fingerprint density at radius 3 is 2.76 bits per heavy atom. The van der Waals surface area contributed by atoms with E-state index >= 15 is 0 Å². The Morgan fingerprint density at radius 2 is 2.00 bits per heavy atom. The van der Waals surface area contributed by atoms with Crippen LogP contribution in [0.3, 0.4) is 0 Å². The minimum absolute atomic E-state index is 0.155. The highest BCUT2D eigenvalue weighted by Gasteiger charge is 2.45. The van der Waals surface area contributed by atoms with Crippen molar-refractivity contribution in [2.24, 2.45) is 11.8 Å². The van der Waals surface area contributed by atoms with E-state index in [0.717, 1.165) is 42.1 Å². The third-order valence-corrected chi connectivity index (χ3v) is 6.09. The number of carbonyl (C=O) groups is 1. The molecule has 1 aromatic heterocycles. The number of aromatic nitrogens is 2. The second-order valence-corrected chi connectivity index (χ2v) is 7.59. The molecule has 130 valence electrons. The smallest absolute Gasteiger partial charge is 0.272 e. The Balaban J connectivity index is 1.31. The third-order valence-electron chi connectivity index (χ3n) is 6.09. The Bertz CT molecular complexity index is 785. The van der Waals surface area contributed by atoms with Crippen molar-refractivity contribution in [2.75, 3.05) is 6.54 Å². The zero-order valence-electron chi connectivity index (χ0n) is 14.3. The maximum Gasteiger partial charge on any atom is 0.272 e. The van der Waals surface area contributed by atoms with Crippen molar-refractivity contribution in [2.45, 2.75) is 44.9 Å². The highest BCUT2D eigenvalue weighted by atomic mass is 16.5. The average molecular weight is 337 g/mol. The molecule has 2 aliphatic carbocycles. The van der Waals surface area contributed by atoms with Crippen LogP contribution >= 0.6 is 0 Å². The third kappa shape index (κ3) is 2.62. The molecule has 0 radical (unpaired) electrons. The molecule has 3 aliphatic rings. The number of fused-ring (bicyclic) bond motifs is 3. The van der Waals surface area contributed by atoms with Crippen LogP contribution in [0.4, 0.5) is 0 Å². The first kappa shape index (κ1) is 15.0. The van der Waals surface area contributed by atoms with Gasteiger partial charge in [0.15, 0.2) is 0 Å². The van der Waals surface area contributed by atoms with Gasteiger partial charge in [-0.2, -0.15) is 5.10 Å². The van der Waals surface area contributed by atoms with Gasteiger partial charge in [-0.3, -0.25) is 9.48 Å². The molecule has 5 heteroatoms. The zero-order chi connectivity index (χ0) is 16.8. The molecule has 0 saturated heterocycles. The standard InChI is InChI=1S/C20H23N3O2/c24-20-19-12-16(13-25-17-4-2-1-3-5-17)21-23(19)9-8-22(20)18-11-14-6-7-15(18)10-14/h1-5,12,14-15,18H,6-11,13H2. The van der Waals surface area contributed by atoms with Crippen LogP contribution in [0, 0.1) is 11.8 Å². The van der Waals surface area contributed by atoms with E-state index < -0.39 is 0 Å². The molecule has 1 aromatic carbocycles. The van der Waals surface area contributed by atoms with Gasteiger partial charge < -0.3 is 9.64 Å². The summed E-state index contributed by atoms with van der Waals surface area (Å²) in [5.74, 6) is 2.56. The number of ether oxygens (including phenoxy) is 1. The molecule has 2 bridgehead atoms. The van der Waals surface area contributed by atoms with Crippen molar-refractivity contribution in [3.63, 3.8) is 0 Å². The molecule has 5 nitrogen and oxygen atoms in total. The largest absolute Gasteiger partial charge is 0.487 e. The lowest BCUT2D eigenvalue weighted by Crippen LogP contribution is -2.48. The van der Waals surface area contributed by atoms with E-state index in [0.29, 0.717) is 12.6 Å². The number of carbonyl (C=O) groups excluding carboxylic acids is 1. The maximum absolute atomic E-state index is 13.0. The van der Waals surface area contributed by atoms with Gasteiger partial charge in [-0.1, -0.05) is 24.6 Å². The number of rotatable bonds is 4. The lowest BCUT2D eigenvalue weighted by molar-refractivity contribution is 0.0537. The van der Waals surface area contributed by atoms with Gasteiger partial charge in [-0.15, -0.1) is 0 Å². The maximum atomic E-state index is 13.0. The SMILES string of the molecule is O=C1c2cc(COc3ccccc3)nn2CCN1C1CC2CCC1C2. The minimum atomic E-state index is 0.155. The normalized spacial score (nSPS) is 27.6. The van der Waals surface area contributed by atoms with E-state index in [4.69, 9.17) is 4.74 Å². The Morgan fingerprint density at radius 1 is 1.12 bits per heavy atom. The van der Waals surface area contributed by atoms with E-state index in [2.05, 4.69) is 10.00 Å². The number of nitrogens with zero attached hydrogens (tertiary/aromatic N) is 3. The van der Waals surface area contributed by atoms with Crippen LogP contribution in [0.25, 0.3) is 0 Å². The highest BCUT2D eigenvalue weighted by molar-refractivity contribution is 5.93. The summed E-state index contributed by atoms with van der Waals surface area (Å²) >= 11 is 0. The monoisotopic (exact) mass is 337 g/mol. The lowest BCUT2D eigenvalue weighted by Gasteiger charge is -2.37. The predicted molar refractivity (Wildman–Crippen MR) is 93.3 cm³/mol. The summed E-state index contributed by atoms with van der Waals surface area (Å²) in [5, 5.41) is 4.57. The summed E-state index contributed by atoms with van der Waals surface area (Å²) in [6.45, 7) is 1.98. The fraction of sp³-hybridized carbons (Fsp3) is 0.500. The van der Waals surface area contributed by atoms with Gasteiger partial charge in [0.05, 0.1) is 6.54 Å². The fourth-order valence-corrected chi connectivity index (χ4v) is 4.92. The predicted octanol–water partition coefficient (Wildman–Crippen LogP) is 3.11. The Kier molecular flexibility index (Phi) is 3.54. The fourth-order valence-electron chi connectivity index (χ4n) is 4.92. The number of hydrogen-bond acceptors (Lipinski definition) is 3. The molecular weight excluding hydrogens is 314 g/mol. The topological polar surface area (TPSA) is 47.4 Å². The number of para-hydroxylation sites is 1. The molecule has 2 aromatic rings. The zero-order valence-corrected chi connectivity index (χ0v) is 14.3. The second kappa shape index (κ2) is 5.90. The van der Waals surface area contributed by atoms with Gasteiger partial charge >= 0.3 is 0 Å². The van der Waals surface area contributed by atoms with Gasteiger partial charge in [-0.05, 0) is 49.3 Å². The van der Waals surface area contributed by atoms with Crippen LogP contribution in [0.2, 0.25) is 0 Å². The average Bonchev–Trinajstić information content (AvgIpc) is 3.36. The summed E-state index contributed by atoms with van der Waals surface area (Å²) in [4.78, 5) is 15.1. The van der Waals surface area contributed by atoms with E-state index in [-0.39, 0.29) is 5.91 Å². The molecule has 0 spiro atoms. The van der Waals surface area contributed by atoms with Crippen LogP contribution in [0.1, 0.15) is 41.9 Å². The van der Waals surface area contributed by atoms with Crippen molar-refractivity contribution < 1.29 is 9.53 Å². The highest BCUT2D eigenvalue weighted by Crippen LogP contribution is 2.47. The number of hydrogen-bond donors (Lipinski definition) is 0. The molecule has 3 unspecified atom stereocenters. The summed E-state index contributed by atoms with van der Waals surface area (Å²) in [6.07, 6.45) is 5.19. The van der Waals surface area contributed by atoms with Gasteiger partial charge in [0.25, 0.3) is 5.91 Å². The van der Waals surface area contributed by atoms with Crippen LogP contribution < -0.4 is 4.74 Å². The van der Waals surface area contributed by atoms with E-state index in [1.165, 1.54) is 25.7 Å². The van der Waals surface area contributed by atoms with Gasteiger partial charge in [0.2, 0.25) is 0 Å². The number of amides is 1. The van der Waals surface area contributed by atoms with Crippen LogP contribution in [-0.2, 0) is 13.2 Å². The first-order chi connectivity index (χ1) is 12.3.